The van der Waals surface area contributed by atoms with Crippen LogP contribution < -0.4 is 10.6 Å². The van der Waals surface area contributed by atoms with E-state index in [2.05, 4.69) is 20.7 Å². The van der Waals surface area contributed by atoms with Gasteiger partial charge in [0.1, 0.15) is 0 Å². The third-order valence-corrected chi connectivity index (χ3v) is 3.41. The minimum atomic E-state index is -0.269. The number of urea groups is 1. The van der Waals surface area contributed by atoms with Crippen LogP contribution in [0.25, 0.3) is 5.69 Å². The first kappa shape index (κ1) is 14.8. The van der Waals surface area contributed by atoms with E-state index in [0.717, 1.165) is 11.3 Å². The van der Waals surface area contributed by atoms with Crippen LogP contribution in [0.2, 0.25) is 0 Å². The van der Waals surface area contributed by atoms with Crippen molar-refractivity contribution in [2.75, 3.05) is 5.32 Å². The van der Waals surface area contributed by atoms with E-state index in [1.165, 1.54) is 0 Å². The fourth-order valence-electron chi connectivity index (χ4n) is 2.24. The number of pyridine rings is 1. The molecule has 6 heteroatoms. The third-order valence-electron chi connectivity index (χ3n) is 3.41. The van der Waals surface area contributed by atoms with E-state index in [-0.39, 0.29) is 12.1 Å². The molecule has 2 amide bonds. The van der Waals surface area contributed by atoms with Crippen molar-refractivity contribution in [3.8, 4) is 5.69 Å². The molecule has 0 spiro atoms. The molecule has 23 heavy (non-hydrogen) atoms. The Morgan fingerprint density at radius 2 is 2.09 bits per heavy atom. The summed E-state index contributed by atoms with van der Waals surface area (Å²) in [6.45, 7) is 1.94. The summed E-state index contributed by atoms with van der Waals surface area (Å²) in [4.78, 5) is 16.0. The molecular formula is C17H17N5O. The molecule has 3 aromatic rings. The Balaban J connectivity index is 1.67. The van der Waals surface area contributed by atoms with Gasteiger partial charge in [0.15, 0.2) is 0 Å². The monoisotopic (exact) mass is 307 g/mol. The fraction of sp³-hybridized carbons (Fsp3) is 0.118. The molecule has 0 aliphatic carbocycles. The maximum atomic E-state index is 12.0. The Bertz CT molecular complexity index is 771. The van der Waals surface area contributed by atoms with Gasteiger partial charge in [0.2, 0.25) is 0 Å². The number of aromatic nitrogens is 3. The van der Waals surface area contributed by atoms with Crippen molar-refractivity contribution >= 4 is 11.7 Å². The summed E-state index contributed by atoms with van der Waals surface area (Å²) in [5.41, 5.74) is 2.61. The molecule has 0 aliphatic rings. The summed E-state index contributed by atoms with van der Waals surface area (Å²) in [5.74, 6) is 0. The molecule has 2 heterocycles. The van der Waals surface area contributed by atoms with Gasteiger partial charge in [0.05, 0.1) is 23.6 Å². The average molecular weight is 307 g/mol. The Hall–Kier alpha value is -3.15. The second-order valence-corrected chi connectivity index (χ2v) is 5.11. The second kappa shape index (κ2) is 6.74. The van der Waals surface area contributed by atoms with E-state index in [1.807, 2.05) is 43.5 Å². The number of benzene rings is 1. The van der Waals surface area contributed by atoms with Gasteiger partial charge >= 0.3 is 6.03 Å². The lowest BCUT2D eigenvalue weighted by molar-refractivity contribution is 0.249. The lowest BCUT2D eigenvalue weighted by atomic mass is 10.1. The summed E-state index contributed by atoms with van der Waals surface area (Å²) >= 11 is 0. The summed E-state index contributed by atoms with van der Waals surface area (Å²) in [6, 6.07) is 12.9. The standard InChI is InChI=1S/C17H17N5O/c1-13(20-17(23)21-15-6-3-8-18-12-15)14-5-2-7-16(11-14)22-10-4-9-19-22/h2-13H,1H3,(H2,20,21,23)/t13-/m0/s1. The van der Waals surface area contributed by atoms with Gasteiger partial charge in [-0.05, 0) is 42.8 Å². The fourth-order valence-corrected chi connectivity index (χ4v) is 2.24. The number of amides is 2. The summed E-state index contributed by atoms with van der Waals surface area (Å²) in [7, 11) is 0. The molecule has 1 atom stereocenters. The second-order valence-electron chi connectivity index (χ2n) is 5.11. The third kappa shape index (κ3) is 3.74. The van der Waals surface area contributed by atoms with E-state index >= 15 is 0 Å². The van der Waals surface area contributed by atoms with Crippen LogP contribution in [0.15, 0.2) is 67.3 Å². The number of nitrogens with zero attached hydrogens (tertiary/aromatic N) is 3. The average Bonchev–Trinajstić information content (AvgIpc) is 3.10. The quantitative estimate of drug-likeness (QED) is 0.777. The highest BCUT2D eigenvalue weighted by atomic mass is 16.2. The van der Waals surface area contributed by atoms with Gasteiger partial charge in [-0.15, -0.1) is 0 Å². The lowest BCUT2D eigenvalue weighted by Gasteiger charge is -2.16. The van der Waals surface area contributed by atoms with E-state index < -0.39 is 0 Å². The van der Waals surface area contributed by atoms with Crippen LogP contribution in [0.3, 0.4) is 0 Å². The predicted molar refractivity (Wildman–Crippen MR) is 88.4 cm³/mol. The molecule has 0 unspecified atom stereocenters. The van der Waals surface area contributed by atoms with Gasteiger partial charge in [-0.2, -0.15) is 5.10 Å². The van der Waals surface area contributed by atoms with E-state index in [0.29, 0.717) is 5.69 Å². The summed E-state index contributed by atoms with van der Waals surface area (Å²) in [6.07, 6.45) is 6.87. The first-order chi connectivity index (χ1) is 11.2. The number of rotatable bonds is 4. The Morgan fingerprint density at radius 3 is 2.83 bits per heavy atom. The molecule has 1 aromatic carbocycles. The number of hydrogen-bond acceptors (Lipinski definition) is 3. The van der Waals surface area contributed by atoms with Crippen LogP contribution in [0.5, 0.6) is 0 Å². The normalized spacial score (nSPS) is 11.7. The van der Waals surface area contributed by atoms with Crippen molar-refractivity contribution in [1.29, 1.82) is 0 Å². The van der Waals surface area contributed by atoms with E-state index in [4.69, 9.17) is 0 Å². The zero-order valence-corrected chi connectivity index (χ0v) is 12.7. The van der Waals surface area contributed by atoms with Crippen LogP contribution in [-0.4, -0.2) is 20.8 Å². The minimum Gasteiger partial charge on any atom is -0.331 e. The van der Waals surface area contributed by atoms with Crippen molar-refractivity contribution in [3.05, 3.63) is 72.8 Å². The maximum absolute atomic E-state index is 12.0. The molecule has 6 nitrogen and oxygen atoms in total. The van der Waals surface area contributed by atoms with Gasteiger partial charge < -0.3 is 10.6 Å². The highest BCUT2D eigenvalue weighted by molar-refractivity contribution is 5.89. The molecule has 0 saturated heterocycles. The first-order valence-corrected chi connectivity index (χ1v) is 7.30. The van der Waals surface area contributed by atoms with E-state index in [9.17, 15) is 4.79 Å². The van der Waals surface area contributed by atoms with Gasteiger partial charge in [0.25, 0.3) is 0 Å². The Kier molecular flexibility index (Phi) is 4.33. The first-order valence-electron chi connectivity index (χ1n) is 7.30. The molecule has 0 radical (unpaired) electrons. The van der Waals surface area contributed by atoms with Crippen LogP contribution in [0.1, 0.15) is 18.5 Å². The van der Waals surface area contributed by atoms with Crippen molar-refractivity contribution in [3.63, 3.8) is 0 Å². The number of carbonyl (C=O) groups is 1. The van der Waals surface area contributed by atoms with Gasteiger partial charge in [-0.25, -0.2) is 9.48 Å². The van der Waals surface area contributed by atoms with Crippen LogP contribution in [0.4, 0.5) is 10.5 Å². The molecular weight excluding hydrogens is 290 g/mol. The molecule has 116 valence electrons. The lowest BCUT2D eigenvalue weighted by Crippen LogP contribution is -2.31. The van der Waals surface area contributed by atoms with Crippen molar-refractivity contribution in [1.82, 2.24) is 20.1 Å². The molecule has 0 aliphatic heterocycles. The number of carbonyl (C=O) groups excluding carboxylic acids is 1. The minimum absolute atomic E-state index is 0.137. The van der Waals surface area contributed by atoms with Crippen molar-refractivity contribution < 1.29 is 4.79 Å². The summed E-state index contributed by atoms with van der Waals surface area (Å²) in [5, 5.41) is 9.88. The maximum Gasteiger partial charge on any atom is 0.319 e. The zero-order valence-electron chi connectivity index (χ0n) is 12.7. The number of nitrogens with one attached hydrogen (secondary N) is 2. The number of anilines is 1. The zero-order chi connectivity index (χ0) is 16.1. The topological polar surface area (TPSA) is 71.8 Å². The van der Waals surface area contributed by atoms with Crippen LogP contribution in [0, 0.1) is 0 Å². The van der Waals surface area contributed by atoms with Gasteiger partial charge in [0, 0.05) is 18.6 Å². The highest BCUT2D eigenvalue weighted by Gasteiger charge is 2.10. The molecule has 3 rings (SSSR count). The molecule has 0 fully saturated rings. The highest BCUT2D eigenvalue weighted by Crippen LogP contribution is 2.16. The van der Waals surface area contributed by atoms with Crippen LogP contribution >= 0.6 is 0 Å². The molecule has 2 aromatic heterocycles. The Morgan fingerprint density at radius 1 is 1.17 bits per heavy atom. The van der Waals surface area contributed by atoms with Crippen LogP contribution in [-0.2, 0) is 0 Å². The number of hydrogen-bond donors (Lipinski definition) is 2. The SMILES string of the molecule is C[C@H](NC(=O)Nc1cccnc1)c1cccc(-n2cccn2)c1. The van der Waals surface area contributed by atoms with E-state index in [1.54, 1.807) is 35.4 Å². The van der Waals surface area contributed by atoms with Crippen molar-refractivity contribution in [2.45, 2.75) is 13.0 Å². The summed E-state index contributed by atoms with van der Waals surface area (Å²) < 4.78 is 1.78. The molecule has 0 saturated carbocycles. The smallest absolute Gasteiger partial charge is 0.319 e. The van der Waals surface area contributed by atoms with Gasteiger partial charge in [-0.1, -0.05) is 12.1 Å². The molecule has 2 N–H and O–H groups in total. The largest absolute Gasteiger partial charge is 0.331 e. The Labute approximate surface area is 134 Å². The van der Waals surface area contributed by atoms with Gasteiger partial charge in [-0.3, -0.25) is 4.98 Å². The molecule has 0 bridgehead atoms. The predicted octanol–water partition coefficient (Wildman–Crippen LogP) is 3.15. The van der Waals surface area contributed by atoms with Crippen molar-refractivity contribution in [2.24, 2.45) is 0 Å².